The van der Waals surface area contributed by atoms with Gasteiger partial charge in [0.15, 0.2) is 11.5 Å². The van der Waals surface area contributed by atoms with Gasteiger partial charge >= 0.3 is 5.97 Å². The molecule has 0 unspecified atom stereocenters. The minimum absolute atomic E-state index is 0.238. The molecular weight excluding hydrogens is 326 g/mol. The Hall–Kier alpha value is -2.08. The second-order valence-electron chi connectivity index (χ2n) is 3.77. The van der Waals surface area contributed by atoms with Crippen LogP contribution in [0.2, 0.25) is 0 Å². The number of esters is 1. The average Bonchev–Trinajstić information content (AvgIpc) is 2.47. The summed E-state index contributed by atoms with van der Waals surface area (Å²) in [4.78, 5) is 16.0. The minimum atomic E-state index is -0.540. The van der Waals surface area contributed by atoms with Crippen molar-refractivity contribution in [2.75, 3.05) is 14.2 Å². The van der Waals surface area contributed by atoms with Crippen molar-refractivity contribution in [3.05, 3.63) is 46.7 Å². The number of pyridine rings is 1. The fourth-order valence-electron chi connectivity index (χ4n) is 1.59. The van der Waals surface area contributed by atoms with Crippen molar-refractivity contribution in [3.8, 4) is 17.2 Å². The van der Waals surface area contributed by atoms with E-state index in [4.69, 9.17) is 14.2 Å². The Morgan fingerprint density at radius 3 is 2.35 bits per heavy atom. The second kappa shape index (κ2) is 6.38. The van der Waals surface area contributed by atoms with E-state index in [1.54, 1.807) is 30.5 Å². The van der Waals surface area contributed by atoms with Crippen molar-refractivity contribution in [3.63, 3.8) is 0 Å². The Kier molecular flexibility index (Phi) is 4.57. The zero-order valence-corrected chi connectivity index (χ0v) is 12.5. The predicted molar refractivity (Wildman–Crippen MR) is 76.4 cm³/mol. The Morgan fingerprint density at radius 1 is 1.15 bits per heavy atom. The highest BCUT2D eigenvalue weighted by atomic mass is 79.9. The van der Waals surface area contributed by atoms with Gasteiger partial charge in [0, 0.05) is 16.9 Å². The number of aromatic nitrogens is 1. The SMILES string of the molecule is COc1cccc(OC)c1OC(=O)c1cncc(Br)c1. The molecule has 0 bridgehead atoms. The third kappa shape index (κ3) is 3.08. The molecule has 0 atom stereocenters. The molecule has 20 heavy (non-hydrogen) atoms. The largest absolute Gasteiger partial charge is 0.493 e. The summed E-state index contributed by atoms with van der Waals surface area (Å²) in [5.41, 5.74) is 0.326. The van der Waals surface area contributed by atoms with E-state index in [-0.39, 0.29) is 5.75 Å². The van der Waals surface area contributed by atoms with Crippen LogP contribution in [0.4, 0.5) is 0 Å². The molecule has 0 N–H and O–H groups in total. The number of halogens is 1. The molecule has 0 aliphatic heterocycles. The van der Waals surface area contributed by atoms with E-state index >= 15 is 0 Å². The first kappa shape index (κ1) is 14.3. The van der Waals surface area contributed by atoms with Crippen LogP contribution < -0.4 is 14.2 Å². The molecule has 104 valence electrons. The molecule has 2 aromatic rings. The summed E-state index contributed by atoms with van der Waals surface area (Å²) in [5, 5.41) is 0. The van der Waals surface area contributed by atoms with E-state index < -0.39 is 5.97 Å². The standard InChI is InChI=1S/C14H12BrNO4/c1-18-11-4-3-5-12(19-2)13(11)20-14(17)9-6-10(15)8-16-7-9/h3-8H,1-2H3. The lowest BCUT2D eigenvalue weighted by Crippen LogP contribution is -2.10. The number of ether oxygens (including phenoxy) is 3. The van der Waals surface area contributed by atoms with Gasteiger partial charge in [0.25, 0.3) is 0 Å². The van der Waals surface area contributed by atoms with Gasteiger partial charge in [-0.1, -0.05) is 6.07 Å². The lowest BCUT2D eigenvalue weighted by molar-refractivity contribution is 0.0724. The molecule has 0 aliphatic carbocycles. The van der Waals surface area contributed by atoms with E-state index in [1.165, 1.54) is 20.4 Å². The normalized spacial score (nSPS) is 9.95. The van der Waals surface area contributed by atoms with E-state index in [0.29, 0.717) is 21.5 Å². The van der Waals surface area contributed by atoms with Crippen LogP contribution in [0.5, 0.6) is 17.2 Å². The Balaban J connectivity index is 2.32. The number of rotatable bonds is 4. The van der Waals surface area contributed by atoms with E-state index in [9.17, 15) is 4.79 Å². The summed E-state index contributed by atoms with van der Waals surface area (Å²) in [5.74, 6) is 0.533. The van der Waals surface area contributed by atoms with Gasteiger partial charge in [-0.25, -0.2) is 4.79 Å². The number of para-hydroxylation sites is 1. The summed E-state index contributed by atoms with van der Waals surface area (Å²) >= 11 is 3.25. The maximum Gasteiger partial charge on any atom is 0.345 e. The number of hydrogen-bond donors (Lipinski definition) is 0. The average molecular weight is 338 g/mol. The molecule has 0 spiro atoms. The molecule has 1 aromatic carbocycles. The van der Waals surface area contributed by atoms with Crippen LogP contribution in [0, 0.1) is 0 Å². The van der Waals surface area contributed by atoms with Gasteiger partial charge in [-0.15, -0.1) is 0 Å². The van der Waals surface area contributed by atoms with Crippen LogP contribution in [0.25, 0.3) is 0 Å². The van der Waals surface area contributed by atoms with Crippen LogP contribution in [-0.2, 0) is 0 Å². The van der Waals surface area contributed by atoms with Crippen molar-refractivity contribution in [1.29, 1.82) is 0 Å². The van der Waals surface area contributed by atoms with Gasteiger partial charge in [-0.05, 0) is 34.1 Å². The smallest absolute Gasteiger partial charge is 0.345 e. The number of hydrogen-bond acceptors (Lipinski definition) is 5. The van der Waals surface area contributed by atoms with Crippen LogP contribution in [-0.4, -0.2) is 25.2 Å². The van der Waals surface area contributed by atoms with Crippen LogP contribution in [0.1, 0.15) is 10.4 Å². The molecular formula is C14H12BrNO4. The Labute approximate surface area is 124 Å². The molecule has 0 aliphatic rings. The quantitative estimate of drug-likeness (QED) is 0.633. The number of carbonyl (C=O) groups is 1. The fourth-order valence-corrected chi connectivity index (χ4v) is 1.96. The predicted octanol–water partition coefficient (Wildman–Crippen LogP) is 3.08. The molecule has 6 heteroatoms. The molecule has 5 nitrogen and oxygen atoms in total. The zero-order valence-electron chi connectivity index (χ0n) is 10.9. The van der Waals surface area contributed by atoms with Crippen molar-refractivity contribution in [1.82, 2.24) is 4.98 Å². The molecule has 0 saturated heterocycles. The third-order valence-corrected chi connectivity index (χ3v) is 2.95. The molecule has 0 fully saturated rings. The van der Waals surface area contributed by atoms with Crippen LogP contribution in [0.15, 0.2) is 41.1 Å². The van der Waals surface area contributed by atoms with E-state index in [1.807, 2.05) is 0 Å². The summed E-state index contributed by atoms with van der Waals surface area (Å²) in [6, 6.07) is 6.74. The second-order valence-corrected chi connectivity index (χ2v) is 4.69. The van der Waals surface area contributed by atoms with Crippen molar-refractivity contribution < 1.29 is 19.0 Å². The summed E-state index contributed by atoms with van der Waals surface area (Å²) in [7, 11) is 2.99. The van der Waals surface area contributed by atoms with E-state index in [0.717, 1.165) is 0 Å². The molecule has 0 amide bonds. The monoisotopic (exact) mass is 337 g/mol. The third-order valence-electron chi connectivity index (χ3n) is 2.52. The van der Waals surface area contributed by atoms with E-state index in [2.05, 4.69) is 20.9 Å². The number of benzene rings is 1. The van der Waals surface area contributed by atoms with Gasteiger partial charge in [0.05, 0.1) is 19.8 Å². The number of nitrogens with zero attached hydrogens (tertiary/aromatic N) is 1. The maximum absolute atomic E-state index is 12.1. The van der Waals surface area contributed by atoms with Crippen molar-refractivity contribution in [2.24, 2.45) is 0 Å². The maximum atomic E-state index is 12.1. The fraction of sp³-hybridized carbons (Fsp3) is 0.143. The molecule has 0 radical (unpaired) electrons. The number of methoxy groups -OCH3 is 2. The molecule has 2 rings (SSSR count). The van der Waals surface area contributed by atoms with Gasteiger partial charge in [0.1, 0.15) is 0 Å². The topological polar surface area (TPSA) is 57.7 Å². The lowest BCUT2D eigenvalue weighted by atomic mass is 10.2. The first-order chi connectivity index (χ1) is 9.65. The highest BCUT2D eigenvalue weighted by Gasteiger charge is 2.17. The summed E-state index contributed by atoms with van der Waals surface area (Å²) in [6.07, 6.45) is 3.01. The summed E-state index contributed by atoms with van der Waals surface area (Å²) < 4.78 is 16.4. The first-order valence-electron chi connectivity index (χ1n) is 5.69. The van der Waals surface area contributed by atoms with Crippen molar-refractivity contribution >= 4 is 21.9 Å². The Morgan fingerprint density at radius 2 is 1.80 bits per heavy atom. The lowest BCUT2D eigenvalue weighted by Gasteiger charge is -2.12. The van der Waals surface area contributed by atoms with Gasteiger partial charge in [-0.3, -0.25) is 4.98 Å². The Bertz CT molecular complexity index is 608. The zero-order chi connectivity index (χ0) is 14.5. The van der Waals surface area contributed by atoms with Crippen LogP contribution in [0.3, 0.4) is 0 Å². The van der Waals surface area contributed by atoms with Gasteiger partial charge in [0.2, 0.25) is 5.75 Å². The first-order valence-corrected chi connectivity index (χ1v) is 6.48. The highest BCUT2D eigenvalue weighted by molar-refractivity contribution is 9.10. The van der Waals surface area contributed by atoms with Gasteiger partial charge in [-0.2, -0.15) is 0 Å². The molecule has 1 aromatic heterocycles. The van der Waals surface area contributed by atoms with Crippen molar-refractivity contribution in [2.45, 2.75) is 0 Å². The van der Waals surface area contributed by atoms with Gasteiger partial charge < -0.3 is 14.2 Å². The summed E-state index contributed by atoms with van der Waals surface area (Å²) in [6.45, 7) is 0. The molecule has 0 saturated carbocycles. The highest BCUT2D eigenvalue weighted by Crippen LogP contribution is 2.37. The minimum Gasteiger partial charge on any atom is -0.493 e. The number of carbonyl (C=O) groups excluding carboxylic acids is 1. The molecule has 1 heterocycles. The van der Waals surface area contributed by atoms with Crippen LogP contribution >= 0.6 is 15.9 Å².